The van der Waals surface area contributed by atoms with Crippen LogP contribution in [0.1, 0.15) is 19.8 Å². The molecule has 1 aromatic carbocycles. The third kappa shape index (κ3) is 4.91. The smallest absolute Gasteiger partial charge is 0.376 e. The van der Waals surface area contributed by atoms with Gasteiger partial charge < -0.3 is 9.42 Å². The van der Waals surface area contributed by atoms with E-state index in [-0.39, 0.29) is 11.9 Å². The fourth-order valence-electron chi connectivity index (χ4n) is 1.22. The minimum atomic E-state index is -3.60. The van der Waals surface area contributed by atoms with E-state index in [4.69, 9.17) is 10.1 Å². The average Bonchev–Trinajstić information content (AvgIpc) is 2.27. The molecule has 1 aromatic rings. The molecule has 0 bridgehead atoms. The van der Waals surface area contributed by atoms with Gasteiger partial charge in [-0.2, -0.15) is 0 Å². The van der Waals surface area contributed by atoms with Gasteiger partial charge in [-0.15, -0.1) is 0 Å². The molecule has 6 nitrogen and oxygen atoms in total. The molecule has 1 rings (SSSR count). The Kier molecular flexibility index (Phi) is 5.04. The van der Waals surface area contributed by atoms with E-state index < -0.39 is 7.60 Å². The van der Waals surface area contributed by atoms with Crippen LogP contribution in [0.3, 0.4) is 0 Å². The number of hydrogen-bond acceptors (Lipinski definition) is 3. The van der Waals surface area contributed by atoms with Crippen molar-refractivity contribution in [2.75, 3.05) is 6.16 Å². The predicted octanol–water partition coefficient (Wildman–Crippen LogP) is 3.99. The Morgan fingerprint density at radius 3 is 3.00 bits per heavy atom. The molecule has 0 saturated carbocycles. The third-order valence-electron chi connectivity index (χ3n) is 2.02. The highest BCUT2D eigenvalue weighted by atomic mass is 31.2. The topological polar surface area (TPSA) is 95.3 Å². The molecule has 92 valence electrons. The molecule has 7 heteroatoms. The summed E-state index contributed by atoms with van der Waals surface area (Å²) in [5.74, 6) is 0.233. The molecule has 1 unspecified atom stereocenters. The van der Waals surface area contributed by atoms with Crippen LogP contribution in [-0.2, 0) is 4.57 Å². The molecule has 0 aliphatic heterocycles. The van der Waals surface area contributed by atoms with E-state index in [1.807, 2.05) is 6.92 Å². The van der Waals surface area contributed by atoms with Gasteiger partial charge in [-0.05, 0) is 24.1 Å². The zero-order valence-electron chi connectivity index (χ0n) is 9.48. The maximum Gasteiger partial charge on any atom is 0.376 e. The van der Waals surface area contributed by atoms with E-state index in [9.17, 15) is 9.46 Å². The van der Waals surface area contributed by atoms with Crippen molar-refractivity contribution in [1.82, 2.24) is 0 Å². The molecule has 0 spiro atoms. The van der Waals surface area contributed by atoms with Crippen LogP contribution in [0.5, 0.6) is 5.75 Å². The van der Waals surface area contributed by atoms with Crippen LogP contribution in [0.4, 0.5) is 5.69 Å². The van der Waals surface area contributed by atoms with Crippen LogP contribution >= 0.6 is 7.60 Å². The molecule has 0 saturated heterocycles. The van der Waals surface area contributed by atoms with Gasteiger partial charge in [0.05, 0.1) is 6.16 Å². The minimum absolute atomic E-state index is 0.120. The van der Waals surface area contributed by atoms with E-state index in [0.29, 0.717) is 12.1 Å². The molecule has 1 N–H and O–H groups in total. The number of hydrogen-bond donors (Lipinski definition) is 1. The number of unbranched alkanes of at least 4 members (excludes halogenated alkanes) is 1. The summed E-state index contributed by atoms with van der Waals surface area (Å²) in [7, 11) is -3.60. The normalized spacial score (nSPS) is 13.5. The van der Waals surface area contributed by atoms with Crippen LogP contribution < -0.4 is 4.52 Å². The van der Waals surface area contributed by atoms with Gasteiger partial charge in [0.1, 0.15) is 5.75 Å². The van der Waals surface area contributed by atoms with Gasteiger partial charge in [-0.1, -0.05) is 30.6 Å². The Morgan fingerprint density at radius 2 is 2.35 bits per heavy atom. The zero-order valence-corrected chi connectivity index (χ0v) is 10.4. The largest absolute Gasteiger partial charge is 0.424 e. The van der Waals surface area contributed by atoms with E-state index in [0.717, 1.165) is 6.42 Å². The van der Waals surface area contributed by atoms with Crippen molar-refractivity contribution in [3.8, 4) is 5.75 Å². The highest BCUT2D eigenvalue weighted by molar-refractivity contribution is 7.53. The van der Waals surface area contributed by atoms with Crippen molar-refractivity contribution >= 4 is 13.3 Å². The SMILES string of the molecule is CCCCP(=O)(O)Oc1cccc(N=[N+]=[N-])c1. The Balaban J connectivity index is 2.77. The van der Waals surface area contributed by atoms with Gasteiger partial charge in [-0.3, -0.25) is 0 Å². The van der Waals surface area contributed by atoms with Gasteiger partial charge in [0.2, 0.25) is 0 Å². The van der Waals surface area contributed by atoms with Crippen LogP contribution in [0.25, 0.3) is 10.4 Å². The highest BCUT2D eigenvalue weighted by Crippen LogP contribution is 2.43. The standard InChI is InChI=1S/C10H14N3O3P/c1-2-3-7-17(14,15)16-10-6-4-5-9(8-10)12-13-11/h4-6,8H,2-3,7H2,1H3,(H,14,15). The quantitative estimate of drug-likeness (QED) is 0.360. The highest BCUT2D eigenvalue weighted by Gasteiger charge is 2.19. The van der Waals surface area contributed by atoms with Crippen molar-refractivity contribution in [1.29, 1.82) is 0 Å². The van der Waals surface area contributed by atoms with Crippen LogP contribution in [0.15, 0.2) is 29.4 Å². The summed E-state index contributed by atoms with van der Waals surface area (Å²) in [5, 5.41) is 3.39. The molecule has 0 amide bonds. The van der Waals surface area contributed by atoms with Crippen molar-refractivity contribution in [2.45, 2.75) is 19.8 Å². The van der Waals surface area contributed by atoms with Crippen molar-refractivity contribution in [2.24, 2.45) is 5.11 Å². The lowest BCUT2D eigenvalue weighted by Crippen LogP contribution is -1.96. The summed E-state index contributed by atoms with van der Waals surface area (Å²) >= 11 is 0. The number of nitrogens with zero attached hydrogens (tertiary/aromatic N) is 3. The summed E-state index contributed by atoms with van der Waals surface area (Å²) < 4.78 is 16.7. The number of rotatable bonds is 6. The Labute approximate surface area is 99.4 Å². The fraction of sp³-hybridized carbons (Fsp3) is 0.400. The van der Waals surface area contributed by atoms with Crippen LogP contribution in [0, 0.1) is 0 Å². The molecular weight excluding hydrogens is 241 g/mol. The predicted molar refractivity (Wildman–Crippen MR) is 65.5 cm³/mol. The van der Waals surface area contributed by atoms with Crippen LogP contribution in [0.2, 0.25) is 0 Å². The second-order valence-electron chi connectivity index (χ2n) is 3.49. The molecule has 1 atom stereocenters. The van der Waals surface area contributed by atoms with E-state index in [1.54, 1.807) is 18.2 Å². The van der Waals surface area contributed by atoms with E-state index >= 15 is 0 Å². The Hall–Kier alpha value is -1.48. The lowest BCUT2D eigenvalue weighted by Gasteiger charge is -2.12. The lowest BCUT2D eigenvalue weighted by atomic mass is 10.3. The third-order valence-corrected chi connectivity index (χ3v) is 3.40. The number of benzene rings is 1. The number of azide groups is 1. The Morgan fingerprint density at radius 1 is 1.59 bits per heavy atom. The lowest BCUT2D eigenvalue weighted by molar-refractivity contribution is 0.378. The van der Waals surface area contributed by atoms with E-state index in [1.165, 1.54) is 6.07 Å². The van der Waals surface area contributed by atoms with Crippen molar-refractivity contribution in [3.63, 3.8) is 0 Å². The first-order valence-corrected chi connectivity index (χ1v) is 7.00. The molecule has 0 aliphatic rings. The first-order valence-electron chi connectivity index (χ1n) is 5.24. The molecule has 0 aromatic heterocycles. The summed E-state index contributed by atoms with van der Waals surface area (Å²) in [6.45, 7) is 1.93. The summed E-state index contributed by atoms with van der Waals surface area (Å²) in [6.07, 6.45) is 1.58. The second-order valence-corrected chi connectivity index (χ2v) is 5.40. The van der Waals surface area contributed by atoms with Gasteiger partial charge >= 0.3 is 7.60 Å². The van der Waals surface area contributed by atoms with Gasteiger partial charge in [0.25, 0.3) is 0 Å². The minimum Gasteiger partial charge on any atom is -0.424 e. The van der Waals surface area contributed by atoms with Crippen molar-refractivity contribution in [3.05, 3.63) is 34.7 Å². The molecule has 0 aliphatic carbocycles. The maximum atomic E-state index is 11.6. The molecule has 0 heterocycles. The van der Waals surface area contributed by atoms with Crippen LogP contribution in [-0.4, -0.2) is 11.1 Å². The summed E-state index contributed by atoms with van der Waals surface area (Å²) in [5.41, 5.74) is 8.62. The fourth-order valence-corrected chi connectivity index (χ4v) is 2.47. The zero-order chi connectivity index (χ0) is 12.7. The Bertz CT molecular complexity index is 472. The summed E-state index contributed by atoms with van der Waals surface area (Å²) in [6, 6.07) is 6.15. The van der Waals surface area contributed by atoms with Gasteiger partial charge in [0.15, 0.2) is 0 Å². The molecule has 0 fully saturated rings. The monoisotopic (exact) mass is 255 g/mol. The second kappa shape index (κ2) is 6.30. The van der Waals surface area contributed by atoms with Crippen molar-refractivity contribution < 1.29 is 14.0 Å². The van der Waals surface area contributed by atoms with Gasteiger partial charge in [0, 0.05) is 10.6 Å². The first-order chi connectivity index (χ1) is 8.07. The maximum absolute atomic E-state index is 11.6. The average molecular weight is 255 g/mol. The van der Waals surface area contributed by atoms with Gasteiger partial charge in [-0.25, -0.2) is 4.57 Å². The molecule has 17 heavy (non-hydrogen) atoms. The van der Waals surface area contributed by atoms with E-state index in [2.05, 4.69) is 10.0 Å². The molecule has 0 radical (unpaired) electrons. The molecular formula is C10H14N3O3P. The summed E-state index contributed by atoms with van der Waals surface area (Å²) in [4.78, 5) is 12.2. The first kappa shape index (κ1) is 13.6.